The predicted molar refractivity (Wildman–Crippen MR) is 55.7 cm³/mol. The maximum absolute atomic E-state index is 11.3. The molecule has 0 aromatic carbocycles. The van der Waals surface area contributed by atoms with Crippen molar-refractivity contribution in [3.63, 3.8) is 0 Å². The SMILES string of the molecule is CSC(=NC#N)N1CCNC(=O)C1C. The van der Waals surface area contributed by atoms with E-state index in [1.54, 1.807) is 13.1 Å². The molecule has 1 fully saturated rings. The van der Waals surface area contributed by atoms with E-state index in [1.165, 1.54) is 11.8 Å². The third-order valence-electron chi connectivity index (χ3n) is 2.07. The highest BCUT2D eigenvalue weighted by Gasteiger charge is 2.27. The van der Waals surface area contributed by atoms with E-state index in [1.807, 2.05) is 11.2 Å². The normalized spacial score (nSPS) is 22.9. The third-order valence-corrected chi connectivity index (χ3v) is 2.76. The lowest BCUT2D eigenvalue weighted by atomic mass is 10.2. The molecule has 6 heteroatoms. The van der Waals surface area contributed by atoms with Gasteiger partial charge in [-0.25, -0.2) is 0 Å². The molecule has 5 nitrogen and oxygen atoms in total. The lowest BCUT2D eigenvalue weighted by Crippen LogP contribution is -2.55. The molecule has 0 aromatic rings. The average molecular weight is 212 g/mol. The Morgan fingerprint density at radius 1 is 1.86 bits per heavy atom. The summed E-state index contributed by atoms with van der Waals surface area (Å²) < 4.78 is 0. The number of nitrogens with one attached hydrogen (secondary N) is 1. The van der Waals surface area contributed by atoms with Crippen molar-refractivity contribution >= 4 is 22.8 Å². The van der Waals surface area contributed by atoms with Gasteiger partial charge in [0.05, 0.1) is 0 Å². The van der Waals surface area contributed by atoms with Crippen LogP contribution in [0.25, 0.3) is 0 Å². The van der Waals surface area contributed by atoms with Crippen molar-refractivity contribution < 1.29 is 4.79 Å². The number of carbonyl (C=O) groups is 1. The minimum atomic E-state index is -0.247. The van der Waals surface area contributed by atoms with Gasteiger partial charge in [0.1, 0.15) is 6.04 Å². The van der Waals surface area contributed by atoms with E-state index in [9.17, 15) is 4.79 Å². The minimum Gasteiger partial charge on any atom is -0.353 e. The first kappa shape index (κ1) is 10.9. The molecule has 0 radical (unpaired) electrons. The lowest BCUT2D eigenvalue weighted by Gasteiger charge is -2.33. The van der Waals surface area contributed by atoms with E-state index in [0.717, 1.165) is 0 Å². The molecular weight excluding hydrogens is 200 g/mol. The van der Waals surface area contributed by atoms with Crippen molar-refractivity contribution in [1.82, 2.24) is 10.2 Å². The van der Waals surface area contributed by atoms with Gasteiger partial charge in [0.2, 0.25) is 12.1 Å². The summed E-state index contributed by atoms with van der Waals surface area (Å²) >= 11 is 1.38. The molecular formula is C8H12N4OS. The number of carbonyl (C=O) groups excluding carboxylic acids is 1. The number of hydrogen-bond acceptors (Lipinski definition) is 4. The highest BCUT2D eigenvalue weighted by molar-refractivity contribution is 8.13. The molecule has 0 saturated carbocycles. The quantitative estimate of drug-likeness (QED) is 0.349. The van der Waals surface area contributed by atoms with Crippen LogP contribution in [-0.2, 0) is 4.79 Å². The summed E-state index contributed by atoms with van der Waals surface area (Å²) in [6.45, 7) is 3.11. The Morgan fingerprint density at radius 3 is 3.14 bits per heavy atom. The molecule has 1 saturated heterocycles. The summed E-state index contributed by atoms with van der Waals surface area (Å²) in [7, 11) is 0. The zero-order valence-electron chi connectivity index (χ0n) is 8.15. The third kappa shape index (κ3) is 2.17. The molecule has 1 aliphatic rings. The second-order valence-electron chi connectivity index (χ2n) is 2.86. The highest BCUT2D eigenvalue weighted by Crippen LogP contribution is 2.11. The number of rotatable bonds is 0. The smallest absolute Gasteiger partial charge is 0.242 e. The molecule has 1 amide bonds. The van der Waals surface area contributed by atoms with Crippen LogP contribution in [0.3, 0.4) is 0 Å². The summed E-state index contributed by atoms with van der Waals surface area (Å²) in [5.41, 5.74) is 0. The van der Waals surface area contributed by atoms with Crippen LogP contribution < -0.4 is 5.32 Å². The van der Waals surface area contributed by atoms with Gasteiger partial charge in [-0.15, -0.1) is 4.99 Å². The molecule has 76 valence electrons. The van der Waals surface area contributed by atoms with E-state index in [0.29, 0.717) is 18.3 Å². The van der Waals surface area contributed by atoms with Crippen molar-refractivity contribution in [2.24, 2.45) is 4.99 Å². The molecule has 1 rings (SSSR count). The fourth-order valence-electron chi connectivity index (χ4n) is 1.31. The van der Waals surface area contributed by atoms with Gasteiger partial charge in [-0.2, -0.15) is 5.26 Å². The Morgan fingerprint density at radius 2 is 2.57 bits per heavy atom. The van der Waals surface area contributed by atoms with Gasteiger partial charge in [-0.3, -0.25) is 4.79 Å². The number of thioether (sulfide) groups is 1. The van der Waals surface area contributed by atoms with Crippen molar-refractivity contribution in [3.8, 4) is 6.19 Å². The Kier molecular flexibility index (Phi) is 3.77. The fourth-order valence-corrected chi connectivity index (χ4v) is 1.93. The molecule has 0 bridgehead atoms. The number of nitriles is 1. The van der Waals surface area contributed by atoms with Gasteiger partial charge in [-0.1, -0.05) is 11.8 Å². The van der Waals surface area contributed by atoms with Crippen LogP contribution in [0.5, 0.6) is 0 Å². The van der Waals surface area contributed by atoms with Gasteiger partial charge >= 0.3 is 0 Å². The molecule has 1 N–H and O–H groups in total. The van der Waals surface area contributed by atoms with Gasteiger partial charge in [0, 0.05) is 13.1 Å². The molecule has 1 atom stereocenters. The molecule has 0 aliphatic carbocycles. The van der Waals surface area contributed by atoms with Gasteiger partial charge in [-0.05, 0) is 13.2 Å². The topological polar surface area (TPSA) is 68.5 Å². The number of hydrogen-bond donors (Lipinski definition) is 1. The van der Waals surface area contributed by atoms with Crippen molar-refractivity contribution in [3.05, 3.63) is 0 Å². The van der Waals surface area contributed by atoms with Gasteiger partial charge in [0.15, 0.2) is 5.17 Å². The van der Waals surface area contributed by atoms with Crippen LogP contribution in [0.4, 0.5) is 0 Å². The monoisotopic (exact) mass is 212 g/mol. The van der Waals surface area contributed by atoms with Crippen LogP contribution in [0.2, 0.25) is 0 Å². The minimum absolute atomic E-state index is 0.0176. The average Bonchev–Trinajstić information content (AvgIpc) is 2.19. The largest absolute Gasteiger partial charge is 0.353 e. The molecule has 0 spiro atoms. The summed E-state index contributed by atoms with van der Waals surface area (Å²) in [4.78, 5) is 16.9. The Bertz CT molecular complexity index is 296. The molecule has 14 heavy (non-hydrogen) atoms. The number of amidine groups is 1. The summed E-state index contributed by atoms with van der Waals surface area (Å²) in [5.74, 6) is -0.0176. The number of amides is 1. The van der Waals surface area contributed by atoms with E-state index < -0.39 is 0 Å². The number of nitrogens with zero attached hydrogens (tertiary/aromatic N) is 3. The van der Waals surface area contributed by atoms with E-state index >= 15 is 0 Å². The summed E-state index contributed by atoms with van der Waals surface area (Å²) in [6, 6.07) is -0.247. The van der Waals surface area contributed by atoms with Crippen molar-refractivity contribution in [1.29, 1.82) is 5.26 Å². The van der Waals surface area contributed by atoms with E-state index in [4.69, 9.17) is 5.26 Å². The van der Waals surface area contributed by atoms with Crippen LogP contribution in [0, 0.1) is 11.5 Å². The van der Waals surface area contributed by atoms with Crippen molar-refractivity contribution in [2.75, 3.05) is 19.3 Å². The van der Waals surface area contributed by atoms with E-state index in [-0.39, 0.29) is 11.9 Å². The first-order valence-corrected chi connectivity index (χ1v) is 5.48. The zero-order chi connectivity index (χ0) is 10.6. The van der Waals surface area contributed by atoms with Crippen LogP contribution in [0.15, 0.2) is 4.99 Å². The highest BCUT2D eigenvalue weighted by atomic mass is 32.2. The standard InChI is InChI=1S/C8H12N4OS/c1-6-7(13)10-3-4-12(6)8(14-2)11-5-9/h6H,3-4H2,1-2H3,(H,10,13). The second kappa shape index (κ2) is 4.86. The predicted octanol–water partition coefficient (Wildman–Crippen LogP) is 0.00678. The molecule has 0 aromatic heterocycles. The Labute approximate surface area is 87.2 Å². The summed E-state index contributed by atoms with van der Waals surface area (Å²) in [6.07, 6.45) is 3.59. The van der Waals surface area contributed by atoms with Crippen LogP contribution in [-0.4, -0.2) is 41.4 Å². The van der Waals surface area contributed by atoms with Gasteiger partial charge < -0.3 is 10.2 Å². The number of piperazine rings is 1. The summed E-state index contributed by atoms with van der Waals surface area (Å²) in [5, 5.41) is 11.8. The zero-order valence-corrected chi connectivity index (χ0v) is 8.97. The first-order valence-electron chi connectivity index (χ1n) is 4.25. The Hall–Kier alpha value is -1.22. The second-order valence-corrected chi connectivity index (χ2v) is 3.63. The molecule has 1 aliphatic heterocycles. The lowest BCUT2D eigenvalue weighted by molar-refractivity contribution is -0.126. The molecule has 1 heterocycles. The molecule has 1 unspecified atom stereocenters. The maximum atomic E-state index is 11.3. The Balaban J connectivity index is 2.80. The van der Waals surface area contributed by atoms with Crippen LogP contribution >= 0.6 is 11.8 Å². The van der Waals surface area contributed by atoms with E-state index in [2.05, 4.69) is 10.3 Å². The fraction of sp³-hybridized carbons (Fsp3) is 0.625. The maximum Gasteiger partial charge on any atom is 0.242 e. The first-order chi connectivity index (χ1) is 6.70. The van der Waals surface area contributed by atoms with Crippen molar-refractivity contribution in [2.45, 2.75) is 13.0 Å². The van der Waals surface area contributed by atoms with Crippen LogP contribution in [0.1, 0.15) is 6.92 Å². The number of aliphatic imine (C=N–C) groups is 1. The van der Waals surface area contributed by atoms with Gasteiger partial charge in [0.25, 0.3) is 0 Å².